The van der Waals surface area contributed by atoms with Crippen molar-refractivity contribution in [2.45, 2.75) is 50.5 Å². The second-order valence-electron chi connectivity index (χ2n) is 9.04. The van der Waals surface area contributed by atoms with Crippen LogP contribution in [0.3, 0.4) is 0 Å². The van der Waals surface area contributed by atoms with Gasteiger partial charge in [-0.05, 0) is 73.7 Å². The summed E-state index contributed by atoms with van der Waals surface area (Å²) in [5, 5.41) is 0. The molecule has 1 heterocycles. The van der Waals surface area contributed by atoms with Crippen molar-refractivity contribution >= 4 is 0 Å². The van der Waals surface area contributed by atoms with Gasteiger partial charge in [0.05, 0.1) is 7.11 Å². The van der Waals surface area contributed by atoms with Crippen molar-refractivity contribution in [2.24, 2.45) is 23.0 Å². The lowest BCUT2D eigenvalue weighted by Gasteiger charge is -2.56. The number of methoxy groups -OCH3 is 1. The fourth-order valence-corrected chi connectivity index (χ4v) is 6.73. The molecule has 0 amide bonds. The van der Waals surface area contributed by atoms with Crippen LogP contribution >= 0.6 is 0 Å². The van der Waals surface area contributed by atoms with Crippen LogP contribution in [-0.2, 0) is 11.8 Å². The number of nitrogens with two attached hydrogens (primary N) is 1. The van der Waals surface area contributed by atoms with Gasteiger partial charge in [-0.3, -0.25) is 4.90 Å². The molecule has 2 N–H and O–H groups in total. The largest absolute Gasteiger partial charge is 0.497 e. The maximum Gasteiger partial charge on any atom is 0.119 e. The van der Waals surface area contributed by atoms with Gasteiger partial charge in [0.25, 0.3) is 0 Å². The molecule has 1 aliphatic heterocycles. The van der Waals surface area contributed by atoms with E-state index in [4.69, 9.17) is 10.5 Å². The third-order valence-corrected chi connectivity index (χ3v) is 7.73. The molecule has 2 saturated carbocycles. The highest BCUT2D eigenvalue weighted by atomic mass is 16.5. The van der Waals surface area contributed by atoms with Gasteiger partial charge in [-0.1, -0.05) is 13.0 Å². The summed E-state index contributed by atoms with van der Waals surface area (Å²) in [5.41, 5.74) is 10.0. The predicted molar refractivity (Wildman–Crippen MR) is 96.3 cm³/mol. The van der Waals surface area contributed by atoms with E-state index in [1.807, 2.05) is 0 Å². The van der Waals surface area contributed by atoms with E-state index >= 15 is 0 Å². The van der Waals surface area contributed by atoms with Gasteiger partial charge in [0.2, 0.25) is 0 Å². The second-order valence-corrected chi connectivity index (χ2v) is 9.04. The van der Waals surface area contributed by atoms with Crippen LogP contribution in [0.4, 0.5) is 0 Å². The Morgan fingerprint density at radius 3 is 2.88 bits per heavy atom. The monoisotopic (exact) mass is 326 g/mol. The summed E-state index contributed by atoms with van der Waals surface area (Å²) in [4.78, 5) is 2.82. The van der Waals surface area contributed by atoms with E-state index in [1.165, 1.54) is 38.8 Å². The molecule has 3 heteroatoms. The smallest absolute Gasteiger partial charge is 0.119 e. The topological polar surface area (TPSA) is 38.5 Å². The van der Waals surface area contributed by atoms with E-state index in [9.17, 15) is 0 Å². The maximum atomic E-state index is 6.12. The van der Waals surface area contributed by atoms with Crippen LogP contribution in [-0.4, -0.2) is 37.7 Å². The Balaban J connectivity index is 1.57. The van der Waals surface area contributed by atoms with Crippen molar-refractivity contribution in [3.63, 3.8) is 0 Å². The summed E-state index contributed by atoms with van der Waals surface area (Å²) in [6.45, 7) is 5.95. The number of benzene rings is 1. The fourth-order valence-electron chi connectivity index (χ4n) is 6.73. The number of nitrogens with zero attached hydrogens (tertiary/aromatic N) is 1. The minimum Gasteiger partial charge on any atom is -0.497 e. The average Bonchev–Trinajstić information content (AvgIpc) is 3.35. The van der Waals surface area contributed by atoms with Gasteiger partial charge in [-0.25, -0.2) is 0 Å². The van der Waals surface area contributed by atoms with E-state index in [-0.39, 0.29) is 5.41 Å². The average molecular weight is 326 g/mol. The highest BCUT2D eigenvalue weighted by molar-refractivity contribution is 5.48. The van der Waals surface area contributed by atoms with Gasteiger partial charge in [-0.15, -0.1) is 0 Å². The van der Waals surface area contributed by atoms with Gasteiger partial charge in [0.1, 0.15) is 5.75 Å². The van der Waals surface area contributed by atoms with E-state index in [2.05, 4.69) is 30.0 Å². The van der Waals surface area contributed by atoms with Crippen LogP contribution in [0.25, 0.3) is 0 Å². The lowest BCUT2D eigenvalue weighted by atomic mass is 9.61. The SMILES string of the molecule is COc1ccc2c(c1)[C@@]1(CCN)CC3(C2)CN(CC2CC2)C3[C@@H]1C. The zero-order valence-corrected chi connectivity index (χ0v) is 15.1. The molecule has 1 spiro atoms. The van der Waals surface area contributed by atoms with Gasteiger partial charge in [-0.2, -0.15) is 0 Å². The summed E-state index contributed by atoms with van der Waals surface area (Å²) in [6, 6.07) is 7.57. The fraction of sp³-hybridized carbons (Fsp3) is 0.714. The quantitative estimate of drug-likeness (QED) is 0.904. The molecule has 0 radical (unpaired) electrons. The Morgan fingerprint density at radius 2 is 2.17 bits per heavy atom. The zero-order valence-electron chi connectivity index (χ0n) is 15.1. The molecule has 4 atom stereocenters. The highest BCUT2D eigenvalue weighted by Gasteiger charge is 2.69. The molecular weight excluding hydrogens is 296 g/mol. The molecule has 24 heavy (non-hydrogen) atoms. The third kappa shape index (κ3) is 1.86. The molecule has 4 aliphatic rings. The Morgan fingerprint density at radius 1 is 1.33 bits per heavy atom. The minimum atomic E-state index is 0.264. The van der Waals surface area contributed by atoms with Crippen LogP contribution in [0, 0.1) is 17.3 Å². The third-order valence-electron chi connectivity index (χ3n) is 7.73. The first kappa shape index (κ1) is 15.2. The van der Waals surface area contributed by atoms with Crippen molar-refractivity contribution in [3.05, 3.63) is 29.3 Å². The van der Waals surface area contributed by atoms with E-state index in [0.29, 0.717) is 11.3 Å². The summed E-state index contributed by atoms with van der Waals surface area (Å²) >= 11 is 0. The standard InChI is InChI=1S/C21H30N2O/c1-14-19-20(13-23(19)11-15-3-4-15)10-16-5-6-17(24-2)9-18(16)21(14,12-20)7-8-22/h5-6,9,14-15,19H,3-4,7-8,10-13,22H2,1-2H3/t14-,19?,20?,21-/m0/s1. The second kappa shape index (κ2) is 4.98. The van der Waals surface area contributed by atoms with Gasteiger partial charge < -0.3 is 10.5 Å². The van der Waals surface area contributed by atoms with Gasteiger partial charge >= 0.3 is 0 Å². The first-order chi connectivity index (χ1) is 11.6. The number of fused-ring (bicyclic) bond motifs is 3. The van der Waals surface area contributed by atoms with Crippen molar-refractivity contribution < 1.29 is 4.74 Å². The summed E-state index contributed by atoms with van der Waals surface area (Å²) in [5.74, 6) is 2.69. The molecule has 2 unspecified atom stereocenters. The molecule has 1 saturated heterocycles. The molecule has 1 aromatic carbocycles. The number of hydrogen-bond acceptors (Lipinski definition) is 3. The Kier molecular flexibility index (Phi) is 3.16. The van der Waals surface area contributed by atoms with Crippen LogP contribution in [0.1, 0.15) is 43.7 Å². The molecule has 5 rings (SSSR count). The van der Waals surface area contributed by atoms with E-state index < -0.39 is 0 Å². The van der Waals surface area contributed by atoms with Crippen molar-refractivity contribution in [1.29, 1.82) is 0 Å². The number of hydrogen-bond donors (Lipinski definition) is 1. The Hall–Kier alpha value is -1.06. The van der Waals surface area contributed by atoms with Crippen molar-refractivity contribution in [3.8, 4) is 5.75 Å². The zero-order chi connectivity index (χ0) is 16.5. The predicted octanol–water partition coefficient (Wildman–Crippen LogP) is 2.96. The summed E-state index contributed by atoms with van der Waals surface area (Å²) in [6.07, 6.45) is 6.62. The summed E-state index contributed by atoms with van der Waals surface area (Å²) in [7, 11) is 1.78. The van der Waals surface area contributed by atoms with Crippen LogP contribution in [0.15, 0.2) is 18.2 Å². The van der Waals surface area contributed by atoms with Crippen LogP contribution < -0.4 is 10.5 Å². The Labute approximate surface area is 145 Å². The summed E-state index contributed by atoms with van der Waals surface area (Å²) < 4.78 is 5.55. The lowest BCUT2D eigenvalue weighted by molar-refractivity contribution is -0.0692. The molecule has 130 valence electrons. The van der Waals surface area contributed by atoms with Gasteiger partial charge in [0.15, 0.2) is 0 Å². The first-order valence-electron chi connectivity index (χ1n) is 9.73. The minimum absolute atomic E-state index is 0.264. The number of ether oxygens (including phenoxy) is 1. The first-order valence-corrected chi connectivity index (χ1v) is 9.73. The van der Waals surface area contributed by atoms with E-state index in [0.717, 1.165) is 30.7 Å². The maximum absolute atomic E-state index is 6.12. The molecular formula is C21H30N2O. The molecule has 3 fully saturated rings. The van der Waals surface area contributed by atoms with Crippen LogP contribution in [0.2, 0.25) is 0 Å². The molecule has 2 bridgehead atoms. The lowest BCUT2D eigenvalue weighted by Crippen LogP contribution is -2.64. The van der Waals surface area contributed by atoms with E-state index in [1.54, 1.807) is 18.2 Å². The van der Waals surface area contributed by atoms with Crippen molar-refractivity contribution in [2.75, 3.05) is 26.7 Å². The molecule has 3 nitrogen and oxygen atoms in total. The molecule has 1 aromatic rings. The van der Waals surface area contributed by atoms with Crippen molar-refractivity contribution in [1.82, 2.24) is 4.90 Å². The highest BCUT2D eigenvalue weighted by Crippen LogP contribution is 2.67. The normalized spacial score (nSPS) is 40.0. The molecule has 3 aliphatic carbocycles. The number of rotatable bonds is 5. The number of likely N-dealkylation sites (tertiary alicyclic amines) is 1. The van der Waals surface area contributed by atoms with Gasteiger partial charge in [0, 0.05) is 30.0 Å². The molecule has 0 aromatic heterocycles. The Bertz CT molecular complexity index is 670. The van der Waals surface area contributed by atoms with Crippen LogP contribution in [0.5, 0.6) is 5.75 Å².